The molecule has 0 saturated carbocycles. The van der Waals surface area contributed by atoms with Crippen LogP contribution < -0.4 is 11.1 Å². The average molecular weight is 257 g/mol. The number of nitrogen functional groups attached to an aromatic ring is 1. The second kappa shape index (κ2) is 4.31. The van der Waals surface area contributed by atoms with E-state index in [0.717, 1.165) is 28.1 Å². The first-order chi connectivity index (χ1) is 9.13. The van der Waals surface area contributed by atoms with E-state index < -0.39 is 0 Å². The van der Waals surface area contributed by atoms with Crippen molar-refractivity contribution in [1.29, 1.82) is 0 Å². The zero-order valence-electron chi connectivity index (χ0n) is 10.8. The van der Waals surface area contributed by atoms with Crippen molar-refractivity contribution in [2.24, 2.45) is 0 Å². The van der Waals surface area contributed by atoms with E-state index in [2.05, 4.69) is 20.4 Å². The van der Waals surface area contributed by atoms with Gasteiger partial charge in [0.2, 0.25) is 5.95 Å². The van der Waals surface area contributed by atoms with Gasteiger partial charge in [0.1, 0.15) is 5.76 Å². The molecule has 2 aromatic heterocycles. The van der Waals surface area contributed by atoms with Crippen molar-refractivity contribution in [3.8, 4) is 0 Å². The summed E-state index contributed by atoms with van der Waals surface area (Å²) < 4.78 is 5.12. The number of nitrogens with zero attached hydrogens (tertiary/aromatic N) is 2. The van der Waals surface area contributed by atoms with Gasteiger partial charge in [-0.3, -0.25) is 0 Å². The average Bonchev–Trinajstić information content (AvgIpc) is 2.91. The van der Waals surface area contributed by atoms with Gasteiger partial charge < -0.3 is 20.6 Å². The smallest absolute Gasteiger partial charge is 0.201 e. The molecule has 4 N–H and O–H groups in total. The van der Waals surface area contributed by atoms with Crippen molar-refractivity contribution >= 4 is 22.7 Å². The Morgan fingerprint density at radius 2 is 2.21 bits per heavy atom. The third-order valence-electron chi connectivity index (χ3n) is 3.12. The maximum Gasteiger partial charge on any atom is 0.201 e. The van der Waals surface area contributed by atoms with E-state index in [0.29, 0.717) is 18.2 Å². The number of H-pyrrole nitrogens is 1. The molecule has 1 aromatic carbocycles. The molecule has 6 nitrogen and oxygen atoms in total. The molecule has 0 aliphatic rings. The molecule has 6 heteroatoms. The predicted octanol–water partition coefficient (Wildman–Crippen LogP) is 2.36. The van der Waals surface area contributed by atoms with Crippen molar-refractivity contribution < 1.29 is 4.52 Å². The summed E-state index contributed by atoms with van der Waals surface area (Å²) in [6.07, 6.45) is 0. The van der Waals surface area contributed by atoms with Crippen LogP contribution in [0.1, 0.15) is 17.0 Å². The summed E-state index contributed by atoms with van der Waals surface area (Å²) >= 11 is 0. The van der Waals surface area contributed by atoms with Crippen LogP contribution in [0.2, 0.25) is 0 Å². The Labute approximate surface area is 110 Å². The van der Waals surface area contributed by atoms with E-state index >= 15 is 0 Å². The first kappa shape index (κ1) is 11.6. The van der Waals surface area contributed by atoms with E-state index in [-0.39, 0.29) is 0 Å². The molecule has 0 amide bonds. The van der Waals surface area contributed by atoms with Crippen molar-refractivity contribution in [2.75, 3.05) is 11.1 Å². The lowest BCUT2D eigenvalue weighted by atomic mass is 10.2. The minimum Gasteiger partial charge on any atom is -0.399 e. The van der Waals surface area contributed by atoms with Gasteiger partial charge in [0, 0.05) is 17.8 Å². The van der Waals surface area contributed by atoms with E-state index in [1.54, 1.807) is 0 Å². The van der Waals surface area contributed by atoms with Gasteiger partial charge >= 0.3 is 0 Å². The number of anilines is 2. The Bertz CT molecular complexity index is 708. The number of imidazole rings is 1. The van der Waals surface area contributed by atoms with E-state index in [9.17, 15) is 0 Å². The number of hydrogen-bond donors (Lipinski definition) is 3. The summed E-state index contributed by atoms with van der Waals surface area (Å²) in [5, 5.41) is 7.15. The lowest BCUT2D eigenvalue weighted by Crippen LogP contribution is -2.02. The lowest BCUT2D eigenvalue weighted by molar-refractivity contribution is 0.392. The number of benzene rings is 1. The second-order valence-corrected chi connectivity index (χ2v) is 4.52. The molecule has 2 heterocycles. The number of hydrogen-bond acceptors (Lipinski definition) is 5. The minimum atomic E-state index is 0.621. The van der Waals surface area contributed by atoms with Gasteiger partial charge in [-0.2, -0.15) is 0 Å². The maximum atomic E-state index is 5.74. The van der Waals surface area contributed by atoms with Crippen LogP contribution in [0.5, 0.6) is 0 Å². The Morgan fingerprint density at radius 3 is 2.95 bits per heavy atom. The van der Waals surface area contributed by atoms with Crippen molar-refractivity contribution in [3.05, 3.63) is 35.2 Å². The van der Waals surface area contributed by atoms with Gasteiger partial charge in [-0.25, -0.2) is 4.98 Å². The van der Waals surface area contributed by atoms with Crippen LogP contribution in [-0.4, -0.2) is 15.1 Å². The van der Waals surface area contributed by atoms with Gasteiger partial charge in [0.15, 0.2) is 0 Å². The molecule has 0 spiro atoms. The summed E-state index contributed by atoms with van der Waals surface area (Å²) in [6.45, 7) is 4.44. The molecular weight excluding hydrogens is 242 g/mol. The molecule has 0 aliphatic heterocycles. The molecule has 0 saturated heterocycles. The molecule has 0 atom stereocenters. The first-order valence-corrected chi connectivity index (χ1v) is 6.04. The zero-order chi connectivity index (χ0) is 13.4. The third kappa shape index (κ3) is 2.12. The van der Waals surface area contributed by atoms with Gasteiger partial charge in [-0.05, 0) is 32.0 Å². The zero-order valence-corrected chi connectivity index (χ0v) is 10.8. The number of nitrogens with one attached hydrogen (secondary N) is 2. The molecule has 0 bridgehead atoms. The van der Waals surface area contributed by atoms with Gasteiger partial charge in [-0.15, -0.1) is 0 Å². The molecule has 3 rings (SSSR count). The van der Waals surface area contributed by atoms with E-state index in [1.807, 2.05) is 32.0 Å². The molecule has 0 unspecified atom stereocenters. The number of nitrogens with two attached hydrogens (primary N) is 1. The van der Waals surface area contributed by atoms with Gasteiger partial charge in [0.05, 0.1) is 16.7 Å². The van der Waals surface area contributed by atoms with Crippen LogP contribution in [0, 0.1) is 13.8 Å². The molecule has 0 radical (unpaired) electrons. The highest BCUT2D eigenvalue weighted by atomic mass is 16.5. The highest BCUT2D eigenvalue weighted by Gasteiger charge is 2.09. The largest absolute Gasteiger partial charge is 0.399 e. The summed E-state index contributed by atoms with van der Waals surface area (Å²) in [5.74, 6) is 1.53. The Morgan fingerprint density at radius 1 is 1.37 bits per heavy atom. The fourth-order valence-corrected chi connectivity index (χ4v) is 2.04. The summed E-state index contributed by atoms with van der Waals surface area (Å²) in [4.78, 5) is 7.62. The molecule has 0 aliphatic carbocycles. The van der Waals surface area contributed by atoms with Crippen LogP contribution >= 0.6 is 0 Å². The monoisotopic (exact) mass is 257 g/mol. The minimum absolute atomic E-state index is 0.621. The van der Waals surface area contributed by atoms with Crippen molar-refractivity contribution in [3.63, 3.8) is 0 Å². The van der Waals surface area contributed by atoms with Crippen molar-refractivity contribution in [2.45, 2.75) is 20.4 Å². The van der Waals surface area contributed by atoms with Gasteiger partial charge in [0.25, 0.3) is 0 Å². The van der Waals surface area contributed by atoms with E-state index in [1.165, 1.54) is 0 Å². The molecule has 98 valence electrons. The van der Waals surface area contributed by atoms with Crippen LogP contribution in [0.3, 0.4) is 0 Å². The normalized spacial score (nSPS) is 11.1. The number of aromatic amines is 1. The number of aromatic nitrogens is 3. The predicted molar refractivity (Wildman–Crippen MR) is 73.8 cm³/mol. The lowest BCUT2D eigenvalue weighted by Gasteiger charge is -2.01. The summed E-state index contributed by atoms with van der Waals surface area (Å²) in [7, 11) is 0. The van der Waals surface area contributed by atoms with Crippen molar-refractivity contribution in [1.82, 2.24) is 15.1 Å². The quantitative estimate of drug-likeness (QED) is 0.626. The number of rotatable bonds is 3. The molecule has 3 aromatic rings. The van der Waals surface area contributed by atoms with Crippen LogP contribution in [0.25, 0.3) is 11.0 Å². The molecular formula is C13H15N5O. The standard InChI is InChI=1S/C13H15N5O/c1-7-10(8(2)19-18-7)6-15-13-16-11-4-3-9(14)5-12(11)17-13/h3-5H,6,14H2,1-2H3,(H2,15,16,17). The van der Waals surface area contributed by atoms with Gasteiger partial charge in [-0.1, -0.05) is 5.16 Å². The van der Waals surface area contributed by atoms with Crippen LogP contribution in [-0.2, 0) is 6.54 Å². The summed E-state index contributed by atoms with van der Waals surface area (Å²) in [5.41, 5.74) is 10.2. The topological polar surface area (TPSA) is 92.8 Å². The molecule has 19 heavy (non-hydrogen) atoms. The number of aryl methyl sites for hydroxylation is 2. The van der Waals surface area contributed by atoms with E-state index in [4.69, 9.17) is 10.3 Å². The Balaban J connectivity index is 1.82. The Kier molecular flexibility index (Phi) is 2.63. The molecule has 0 fully saturated rings. The van der Waals surface area contributed by atoms with Crippen LogP contribution in [0.4, 0.5) is 11.6 Å². The maximum absolute atomic E-state index is 5.74. The Hall–Kier alpha value is -2.50. The third-order valence-corrected chi connectivity index (χ3v) is 3.12. The highest BCUT2D eigenvalue weighted by Crippen LogP contribution is 2.18. The van der Waals surface area contributed by atoms with Crippen LogP contribution in [0.15, 0.2) is 22.7 Å². The SMILES string of the molecule is Cc1noc(C)c1CNc1nc2ccc(N)cc2[nH]1. The fraction of sp³-hybridized carbons (Fsp3) is 0.231. The second-order valence-electron chi connectivity index (χ2n) is 4.52. The first-order valence-electron chi connectivity index (χ1n) is 6.04. The summed E-state index contributed by atoms with van der Waals surface area (Å²) in [6, 6.07) is 5.59. The number of fused-ring (bicyclic) bond motifs is 1. The fourth-order valence-electron chi connectivity index (χ4n) is 2.04. The highest BCUT2D eigenvalue weighted by molar-refractivity contribution is 5.80.